The van der Waals surface area contributed by atoms with E-state index in [-0.39, 0.29) is 5.92 Å². The van der Waals surface area contributed by atoms with Crippen molar-refractivity contribution in [2.24, 2.45) is 5.92 Å². The first-order valence-electron chi connectivity index (χ1n) is 5.73. The number of carboxylic acid groups (broad SMARTS) is 1. The van der Waals surface area contributed by atoms with Gasteiger partial charge in [0.05, 0.1) is 7.11 Å². The molecule has 18 heavy (non-hydrogen) atoms. The molecule has 0 aliphatic heterocycles. The zero-order valence-corrected chi connectivity index (χ0v) is 11.1. The van der Waals surface area contributed by atoms with Crippen LogP contribution < -0.4 is 5.32 Å². The topological polar surface area (TPSA) is 75.6 Å². The lowest BCUT2D eigenvalue weighted by atomic mass is 9.68. The summed E-state index contributed by atoms with van der Waals surface area (Å²) >= 11 is 4.08. The van der Waals surface area contributed by atoms with Crippen LogP contribution in [-0.4, -0.2) is 35.6 Å². The molecule has 0 radical (unpaired) electrons. The second-order valence-electron chi connectivity index (χ2n) is 4.26. The van der Waals surface area contributed by atoms with Crippen LogP contribution in [0.15, 0.2) is 0 Å². The lowest BCUT2D eigenvalue weighted by molar-refractivity contribution is -0.153. The molecule has 0 saturated heterocycles. The number of esters is 1. The summed E-state index contributed by atoms with van der Waals surface area (Å²) in [7, 11) is 1.25. The third-order valence-electron chi connectivity index (χ3n) is 2.88. The van der Waals surface area contributed by atoms with Crippen LogP contribution in [0.3, 0.4) is 0 Å². The minimum Gasteiger partial charge on any atom is -0.467 e. The molecule has 1 saturated carbocycles. The highest BCUT2D eigenvalue weighted by atomic mass is 32.1. The van der Waals surface area contributed by atoms with Crippen molar-refractivity contribution in [3.05, 3.63) is 0 Å². The quantitative estimate of drug-likeness (QED) is 0.312. The van der Waals surface area contributed by atoms with E-state index in [1.165, 1.54) is 7.11 Å². The molecule has 1 aliphatic rings. The first-order chi connectivity index (χ1) is 8.54. The summed E-state index contributed by atoms with van der Waals surface area (Å²) in [4.78, 5) is 22.2. The summed E-state index contributed by atoms with van der Waals surface area (Å²) < 4.78 is 4.63. The van der Waals surface area contributed by atoms with Crippen molar-refractivity contribution in [1.82, 2.24) is 5.32 Å². The van der Waals surface area contributed by atoms with E-state index in [0.29, 0.717) is 12.8 Å². The molecular weight excluding hydrogens is 254 g/mol. The Kier molecular flexibility index (Phi) is 5.35. The molecule has 1 aliphatic carbocycles. The predicted octanol–water partition coefficient (Wildman–Crippen LogP) is 1.29. The fourth-order valence-electron chi connectivity index (χ4n) is 1.99. The van der Waals surface area contributed by atoms with Crippen LogP contribution in [0, 0.1) is 17.8 Å². The molecule has 0 aromatic rings. The smallest absolute Gasteiger partial charge is 0.405 e. The standard InChI is InChI=1S/C12H17NO4S/c1-17-10(14)12(13-11(15)16)7-9(8-12)5-3-2-4-6-18/h9,13,18H,2,4,6-8H2,1H3,(H,15,16). The van der Waals surface area contributed by atoms with E-state index in [9.17, 15) is 9.59 Å². The van der Waals surface area contributed by atoms with E-state index < -0.39 is 17.6 Å². The fourth-order valence-corrected chi connectivity index (χ4v) is 2.15. The zero-order valence-electron chi connectivity index (χ0n) is 10.2. The van der Waals surface area contributed by atoms with Gasteiger partial charge in [-0.2, -0.15) is 12.6 Å². The van der Waals surface area contributed by atoms with E-state index in [4.69, 9.17) is 5.11 Å². The van der Waals surface area contributed by atoms with Gasteiger partial charge in [0.1, 0.15) is 5.54 Å². The van der Waals surface area contributed by atoms with Gasteiger partial charge in [-0.1, -0.05) is 5.92 Å². The Labute approximate surface area is 112 Å². The average molecular weight is 271 g/mol. The van der Waals surface area contributed by atoms with Crippen LogP contribution in [0.5, 0.6) is 0 Å². The number of carbonyl (C=O) groups is 2. The Morgan fingerprint density at radius 3 is 2.72 bits per heavy atom. The molecule has 5 nitrogen and oxygen atoms in total. The van der Waals surface area contributed by atoms with E-state index >= 15 is 0 Å². The first kappa shape index (κ1) is 14.7. The lowest BCUT2D eigenvalue weighted by Crippen LogP contribution is -2.62. The summed E-state index contributed by atoms with van der Waals surface area (Å²) in [5.41, 5.74) is -1.11. The minimum absolute atomic E-state index is 0.0517. The Bertz CT molecular complexity index is 379. The molecule has 0 bridgehead atoms. The van der Waals surface area contributed by atoms with Crippen molar-refractivity contribution in [3.8, 4) is 11.8 Å². The van der Waals surface area contributed by atoms with Gasteiger partial charge in [-0.25, -0.2) is 9.59 Å². The van der Waals surface area contributed by atoms with Crippen LogP contribution >= 0.6 is 12.6 Å². The molecule has 1 rings (SSSR count). The van der Waals surface area contributed by atoms with E-state index in [2.05, 4.69) is 34.5 Å². The molecule has 100 valence electrons. The number of amides is 1. The molecule has 1 amide bonds. The lowest BCUT2D eigenvalue weighted by Gasteiger charge is -2.42. The predicted molar refractivity (Wildman–Crippen MR) is 69.5 cm³/mol. The van der Waals surface area contributed by atoms with Crippen LogP contribution in [0.4, 0.5) is 4.79 Å². The largest absolute Gasteiger partial charge is 0.467 e. The van der Waals surface area contributed by atoms with Gasteiger partial charge >= 0.3 is 12.1 Å². The monoisotopic (exact) mass is 271 g/mol. The first-order valence-corrected chi connectivity index (χ1v) is 6.36. The number of thiol groups is 1. The van der Waals surface area contributed by atoms with E-state index in [1.807, 2.05) is 0 Å². The number of nitrogens with one attached hydrogen (secondary N) is 1. The molecule has 0 atom stereocenters. The van der Waals surface area contributed by atoms with Crippen molar-refractivity contribution >= 4 is 24.7 Å². The highest BCUT2D eigenvalue weighted by molar-refractivity contribution is 7.80. The van der Waals surface area contributed by atoms with Crippen LogP contribution in [-0.2, 0) is 9.53 Å². The maximum Gasteiger partial charge on any atom is 0.405 e. The highest BCUT2D eigenvalue weighted by Gasteiger charge is 2.52. The number of ether oxygens (including phenoxy) is 1. The summed E-state index contributed by atoms with van der Waals surface area (Å²) in [5, 5.41) is 11.0. The van der Waals surface area contributed by atoms with Crippen LogP contribution in [0.1, 0.15) is 25.7 Å². The van der Waals surface area contributed by atoms with Crippen molar-refractivity contribution < 1.29 is 19.4 Å². The summed E-state index contributed by atoms with van der Waals surface area (Å²) in [5.74, 6) is 6.35. The summed E-state index contributed by atoms with van der Waals surface area (Å²) in [6.45, 7) is 0. The second-order valence-corrected chi connectivity index (χ2v) is 4.70. The van der Waals surface area contributed by atoms with Crippen LogP contribution in [0.2, 0.25) is 0 Å². The molecule has 0 aromatic carbocycles. The van der Waals surface area contributed by atoms with Gasteiger partial charge < -0.3 is 15.2 Å². The Balaban J connectivity index is 2.53. The van der Waals surface area contributed by atoms with Gasteiger partial charge in [0.25, 0.3) is 0 Å². The van der Waals surface area contributed by atoms with Gasteiger partial charge in [0, 0.05) is 12.3 Å². The maximum atomic E-state index is 11.6. The summed E-state index contributed by atoms with van der Waals surface area (Å²) in [6.07, 6.45) is 1.23. The molecule has 0 heterocycles. The molecule has 2 N–H and O–H groups in total. The van der Waals surface area contributed by atoms with Gasteiger partial charge in [-0.3, -0.25) is 0 Å². The number of methoxy groups -OCH3 is 1. The number of rotatable bonds is 4. The average Bonchev–Trinajstić information content (AvgIpc) is 2.29. The van der Waals surface area contributed by atoms with Gasteiger partial charge in [-0.05, 0) is 25.0 Å². The van der Waals surface area contributed by atoms with Gasteiger partial charge in [0.15, 0.2) is 0 Å². The summed E-state index contributed by atoms with van der Waals surface area (Å²) in [6, 6.07) is 0. The molecular formula is C12H17NO4S. The van der Waals surface area contributed by atoms with Crippen LogP contribution in [0.25, 0.3) is 0 Å². The molecule has 6 heteroatoms. The van der Waals surface area contributed by atoms with Crippen molar-refractivity contribution in [2.45, 2.75) is 31.2 Å². The third kappa shape index (κ3) is 3.57. The molecule has 0 spiro atoms. The third-order valence-corrected chi connectivity index (χ3v) is 3.19. The van der Waals surface area contributed by atoms with Gasteiger partial charge in [0.2, 0.25) is 0 Å². The number of hydrogen-bond acceptors (Lipinski definition) is 4. The number of unbranched alkanes of at least 4 members (excludes halogenated alkanes) is 1. The highest BCUT2D eigenvalue weighted by Crippen LogP contribution is 2.38. The normalized spacial score (nSPS) is 25.3. The van der Waals surface area contributed by atoms with Crippen molar-refractivity contribution in [3.63, 3.8) is 0 Å². The van der Waals surface area contributed by atoms with Crippen molar-refractivity contribution in [2.75, 3.05) is 12.9 Å². The van der Waals surface area contributed by atoms with Crippen molar-refractivity contribution in [1.29, 1.82) is 0 Å². The minimum atomic E-state index is -1.22. The molecule has 0 aromatic heterocycles. The molecule has 0 unspecified atom stereocenters. The number of carbonyl (C=O) groups excluding carboxylic acids is 1. The fraction of sp³-hybridized carbons (Fsp3) is 0.667. The molecule has 1 fully saturated rings. The zero-order chi connectivity index (χ0) is 13.6. The Morgan fingerprint density at radius 1 is 1.56 bits per heavy atom. The SMILES string of the molecule is COC(=O)C1(NC(=O)O)CC(C#CCCCS)C1. The van der Waals surface area contributed by atoms with E-state index in [0.717, 1.165) is 18.6 Å². The number of hydrogen-bond donors (Lipinski definition) is 3. The Hall–Kier alpha value is -1.35. The maximum absolute atomic E-state index is 11.6. The Morgan fingerprint density at radius 2 is 2.22 bits per heavy atom. The van der Waals surface area contributed by atoms with E-state index in [1.54, 1.807) is 0 Å². The second kappa shape index (κ2) is 6.55. The van der Waals surface area contributed by atoms with Gasteiger partial charge in [-0.15, -0.1) is 5.92 Å².